The van der Waals surface area contributed by atoms with Crippen LogP contribution < -0.4 is 10.2 Å². The number of aliphatic hydroxyl groups excluding tert-OH is 1. The first-order chi connectivity index (χ1) is 10.1. The zero-order chi connectivity index (χ0) is 15.1. The minimum atomic E-state index is -0.203. The first-order valence-electron chi connectivity index (χ1n) is 8.38. The van der Waals surface area contributed by atoms with Crippen molar-refractivity contribution < 1.29 is 5.11 Å². The molecule has 0 aliphatic carbocycles. The fourth-order valence-corrected chi connectivity index (χ4v) is 3.11. The monoisotopic (exact) mass is 290 g/mol. The molecule has 1 fully saturated rings. The van der Waals surface area contributed by atoms with Crippen LogP contribution in [0.2, 0.25) is 0 Å². The summed E-state index contributed by atoms with van der Waals surface area (Å²) in [5, 5.41) is 12.8. The second-order valence-electron chi connectivity index (χ2n) is 6.53. The van der Waals surface area contributed by atoms with Crippen molar-refractivity contribution in [1.82, 2.24) is 5.32 Å². The van der Waals surface area contributed by atoms with E-state index in [1.54, 1.807) is 0 Å². The van der Waals surface area contributed by atoms with Gasteiger partial charge in [0.15, 0.2) is 0 Å². The number of nitrogens with zero attached hydrogens (tertiary/aromatic N) is 1. The van der Waals surface area contributed by atoms with Crippen LogP contribution in [0.1, 0.15) is 45.1 Å². The van der Waals surface area contributed by atoms with Crippen molar-refractivity contribution in [3.05, 3.63) is 29.8 Å². The largest absolute Gasteiger partial charge is 0.393 e. The Bertz CT molecular complexity index is 396. The Morgan fingerprint density at radius 1 is 1.10 bits per heavy atom. The van der Waals surface area contributed by atoms with E-state index in [2.05, 4.69) is 41.4 Å². The highest BCUT2D eigenvalue weighted by Crippen LogP contribution is 2.20. The predicted octanol–water partition coefficient (Wildman–Crippen LogP) is 3.17. The van der Waals surface area contributed by atoms with Crippen molar-refractivity contribution in [2.75, 3.05) is 24.5 Å². The molecule has 21 heavy (non-hydrogen) atoms. The van der Waals surface area contributed by atoms with Gasteiger partial charge in [0.05, 0.1) is 6.10 Å². The van der Waals surface area contributed by atoms with E-state index < -0.39 is 0 Å². The molecule has 1 aromatic rings. The van der Waals surface area contributed by atoms with Crippen LogP contribution >= 0.6 is 0 Å². The molecule has 0 saturated carbocycles. The van der Waals surface area contributed by atoms with E-state index in [0.717, 1.165) is 19.5 Å². The van der Waals surface area contributed by atoms with Gasteiger partial charge in [-0.15, -0.1) is 0 Å². The number of benzene rings is 1. The number of nitrogens with one attached hydrogen (secondary N) is 1. The second-order valence-corrected chi connectivity index (χ2v) is 6.53. The summed E-state index contributed by atoms with van der Waals surface area (Å²) in [7, 11) is 0. The molecule has 0 radical (unpaired) electrons. The highest BCUT2D eigenvalue weighted by molar-refractivity contribution is 5.47. The zero-order valence-corrected chi connectivity index (χ0v) is 13.5. The normalized spacial score (nSPS) is 18.5. The van der Waals surface area contributed by atoms with Gasteiger partial charge in [0, 0.05) is 25.3 Å². The highest BCUT2D eigenvalue weighted by atomic mass is 16.3. The van der Waals surface area contributed by atoms with Crippen molar-refractivity contribution in [3.63, 3.8) is 0 Å². The van der Waals surface area contributed by atoms with E-state index in [4.69, 9.17) is 0 Å². The second kappa shape index (κ2) is 8.40. The Labute approximate surface area is 129 Å². The molecule has 2 atom stereocenters. The quantitative estimate of drug-likeness (QED) is 0.809. The van der Waals surface area contributed by atoms with Gasteiger partial charge in [-0.25, -0.2) is 0 Å². The molecule has 0 aromatic heterocycles. The maximum Gasteiger partial charge on any atom is 0.0515 e. The minimum Gasteiger partial charge on any atom is -0.393 e. The third-order valence-corrected chi connectivity index (χ3v) is 4.22. The van der Waals surface area contributed by atoms with Crippen LogP contribution in [0.3, 0.4) is 0 Å². The summed E-state index contributed by atoms with van der Waals surface area (Å²) in [6.07, 6.45) is 4.68. The molecule has 3 nitrogen and oxygen atoms in total. The third-order valence-electron chi connectivity index (χ3n) is 4.22. The molecule has 3 heteroatoms. The molecule has 2 unspecified atom stereocenters. The smallest absolute Gasteiger partial charge is 0.0515 e. The van der Waals surface area contributed by atoms with Gasteiger partial charge in [-0.1, -0.05) is 19.1 Å². The number of hydrogen-bond acceptors (Lipinski definition) is 3. The average Bonchev–Trinajstić information content (AvgIpc) is 2.48. The van der Waals surface area contributed by atoms with E-state index in [1.165, 1.54) is 43.6 Å². The Balaban J connectivity index is 1.74. The summed E-state index contributed by atoms with van der Waals surface area (Å²) in [4.78, 5) is 2.49. The molecule has 1 aliphatic rings. The van der Waals surface area contributed by atoms with E-state index in [9.17, 15) is 5.11 Å². The number of hydrogen-bond donors (Lipinski definition) is 2. The molecule has 118 valence electrons. The Hall–Kier alpha value is -1.06. The van der Waals surface area contributed by atoms with Crippen LogP contribution in [0.15, 0.2) is 24.3 Å². The lowest BCUT2D eigenvalue weighted by atomic mass is 10.0. The molecule has 0 amide bonds. The lowest BCUT2D eigenvalue weighted by Gasteiger charge is -2.28. The van der Waals surface area contributed by atoms with E-state index in [-0.39, 0.29) is 6.10 Å². The number of anilines is 1. The lowest BCUT2D eigenvalue weighted by Crippen LogP contribution is -2.29. The molecule has 1 aliphatic heterocycles. The molecular formula is C18H30N2O. The first-order valence-corrected chi connectivity index (χ1v) is 8.38. The summed E-state index contributed by atoms with van der Waals surface area (Å²) < 4.78 is 0. The summed E-state index contributed by atoms with van der Waals surface area (Å²) in [5.41, 5.74) is 2.70. The molecule has 0 bridgehead atoms. The molecule has 1 aromatic carbocycles. The minimum absolute atomic E-state index is 0.203. The van der Waals surface area contributed by atoms with Gasteiger partial charge in [-0.3, -0.25) is 0 Å². The zero-order valence-electron chi connectivity index (χ0n) is 13.5. The number of piperidine rings is 1. The molecule has 1 heterocycles. The first kappa shape index (κ1) is 16.3. The maximum absolute atomic E-state index is 9.36. The van der Waals surface area contributed by atoms with Gasteiger partial charge in [-0.05, 0) is 62.8 Å². The Morgan fingerprint density at radius 2 is 1.76 bits per heavy atom. The van der Waals surface area contributed by atoms with Crippen LogP contribution in [-0.4, -0.2) is 30.8 Å². The van der Waals surface area contributed by atoms with Crippen molar-refractivity contribution in [3.8, 4) is 0 Å². The van der Waals surface area contributed by atoms with E-state index in [1.807, 2.05) is 6.92 Å². The standard InChI is InChI=1S/C18H30N2O/c1-15(12-16(2)21)13-19-14-17-6-8-18(9-7-17)20-10-4-3-5-11-20/h6-9,15-16,19,21H,3-5,10-14H2,1-2H3. The predicted molar refractivity (Wildman–Crippen MR) is 89.7 cm³/mol. The number of aliphatic hydroxyl groups is 1. The topological polar surface area (TPSA) is 35.5 Å². The van der Waals surface area contributed by atoms with Crippen molar-refractivity contribution in [2.45, 2.75) is 52.2 Å². The average molecular weight is 290 g/mol. The summed E-state index contributed by atoms with van der Waals surface area (Å²) in [6, 6.07) is 8.97. The summed E-state index contributed by atoms with van der Waals surface area (Å²) >= 11 is 0. The molecular weight excluding hydrogens is 260 g/mol. The van der Waals surface area contributed by atoms with Gasteiger partial charge in [0.25, 0.3) is 0 Å². The maximum atomic E-state index is 9.36. The van der Waals surface area contributed by atoms with Crippen LogP contribution in [-0.2, 0) is 6.54 Å². The van der Waals surface area contributed by atoms with Gasteiger partial charge in [0.1, 0.15) is 0 Å². The van der Waals surface area contributed by atoms with Crippen molar-refractivity contribution >= 4 is 5.69 Å². The fraction of sp³-hybridized carbons (Fsp3) is 0.667. The Morgan fingerprint density at radius 3 is 2.38 bits per heavy atom. The van der Waals surface area contributed by atoms with Crippen LogP contribution in [0, 0.1) is 5.92 Å². The molecule has 1 saturated heterocycles. The van der Waals surface area contributed by atoms with Crippen LogP contribution in [0.25, 0.3) is 0 Å². The Kier molecular flexibility index (Phi) is 6.52. The van der Waals surface area contributed by atoms with Crippen LogP contribution in [0.4, 0.5) is 5.69 Å². The fourth-order valence-electron chi connectivity index (χ4n) is 3.11. The third kappa shape index (κ3) is 5.68. The van der Waals surface area contributed by atoms with Gasteiger partial charge in [0.2, 0.25) is 0 Å². The van der Waals surface area contributed by atoms with Crippen LogP contribution in [0.5, 0.6) is 0 Å². The summed E-state index contributed by atoms with van der Waals surface area (Å²) in [5.74, 6) is 0.512. The van der Waals surface area contributed by atoms with E-state index in [0.29, 0.717) is 5.92 Å². The summed E-state index contributed by atoms with van der Waals surface area (Å²) in [6.45, 7) is 8.31. The van der Waals surface area contributed by atoms with Crippen molar-refractivity contribution in [2.24, 2.45) is 5.92 Å². The van der Waals surface area contributed by atoms with Gasteiger partial charge in [-0.2, -0.15) is 0 Å². The lowest BCUT2D eigenvalue weighted by molar-refractivity contribution is 0.163. The number of rotatable bonds is 7. The molecule has 2 rings (SSSR count). The molecule has 2 N–H and O–H groups in total. The molecule has 0 spiro atoms. The van der Waals surface area contributed by atoms with Crippen molar-refractivity contribution in [1.29, 1.82) is 0 Å². The highest BCUT2D eigenvalue weighted by Gasteiger charge is 2.10. The van der Waals surface area contributed by atoms with E-state index >= 15 is 0 Å². The van der Waals surface area contributed by atoms with Gasteiger partial charge < -0.3 is 15.3 Å². The SMILES string of the molecule is CC(O)CC(C)CNCc1ccc(N2CCCCC2)cc1. The van der Waals surface area contributed by atoms with Gasteiger partial charge >= 0.3 is 0 Å².